The van der Waals surface area contributed by atoms with Crippen molar-refractivity contribution in [3.05, 3.63) is 42.0 Å². The second-order valence-electron chi connectivity index (χ2n) is 5.65. The van der Waals surface area contributed by atoms with E-state index < -0.39 is 9.84 Å². The van der Waals surface area contributed by atoms with Gasteiger partial charge >= 0.3 is 0 Å². The van der Waals surface area contributed by atoms with Crippen LogP contribution in [0.15, 0.2) is 36.4 Å². The van der Waals surface area contributed by atoms with Crippen LogP contribution in [0.5, 0.6) is 0 Å². The zero-order chi connectivity index (χ0) is 15.0. The summed E-state index contributed by atoms with van der Waals surface area (Å²) in [6.07, 6.45) is 0. The molecule has 2 aromatic carbocycles. The SMILES string of the molecule is CC1CS(=O)(=O)CCN1c1ccc(CN)c2ccccc12. The Kier molecular flexibility index (Phi) is 3.63. The molecule has 0 amide bonds. The average molecular weight is 304 g/mol. The van der Waals surface area contributed by atoms with E-state index in [2.05, 4.69) is 23.1 Å². The molecule has 0 bridgehead atoms. The predicted octanol–water partition coefficient (Wildman–Crippen LogP) is 1.92. The van der Waals surface area contributed by atoms with E-state index in [1.165, 1.54) is 0 Å². The molecule has 1 fully saturated rings. The van der Waals surface area contributed by atoms with E-state index in [0.717, 1.165) is 22.0 Å². The Morgan fingerprint density at radius 2 is 1.90 bits per heavy atom. The van der Waals surface area contributed by atoms with E-state index in [1.807, 2.05) is 25.1 Å². The van der Waals surface area contributed by atoms with Crippen molar-refractivity contribution < 1.29 is 8.42 Å². The Morgan fingerprint density at radius 1 is 1.19 bits per heavy atom. The molecule has 1 heterocycles. The number of sulfone groups is 1. The van der Waals surface area contributed by atoms with Crippen LogP contribution in [0.4, 0.5) is 5.69 Å². The highest BCUT2D eigenvalue weighted by Crippen LogP contribution is 2.32. The molecule has 1 aliphatic rings. The summed E-state index contributed by atoms with van der Waals surface area (Å²) in [5.41, 5.74) is 8.03. The topological polar surface area (TPSA) is 63.4 Å². The van der Waals surface area contributed by atoms with Crippen LogP contribution in [-0.4, -0.2) is 32.5 Å². The molecule has 2 aromatic rings. The Balaban J connectivity index is 2.09. The summed E-state index contributed by atoms with van der Waals surface area (Å²) >= 11 is 0. The number of nitrogens with two attached hydrogens (primary N) is 1. The van der Waals surface area contributed by atoms with E-state index in [9.17, 15) is 8.42 Å². The minimum absolute atomic E-state index is 0.00381. The molecular formula is C16H20N2O2S. The highest BCUT2D eigenvalue weighted by molar-refractivity contribution is 7.91. The molecule has 21 heavy (non-hydrogen) atoms. The fraction of sp³-hybridized carbons (Fsp3) is 0.375. The van der Waals surface area contributed by atoms with Crippen molar-refractivity contribution in [3.8, 4) is 0 Å². The maximum absolute atomic E-state index is 11.8. The Morgan fingerprint density at radius 3 is 2.57 bits per heavy atom. The predicted molar refractivity (Wildman–Crippen MR) is 87.3 cm³/mol. The molecular weight excluding hydrogens is 284 g/mol. The zero-order valence-corrected chi connectivity index (χ0v) is 12.9. The highest BCUT2D eigenvalue weighted by atomic mass is 32.2. The van der Waals surface area contributed by atoms with Crippen LogP contribution in [0.3, 0.4) is 0 Å². The maximum Gasteiger partial charge on any atom is 0.154 e. The smallest absolute Gasteiger partial charge is 0.154 e. The van der Waals surface area contributed by atoms with Gasteiger partial charge in [0, 0.05) is 30.2 Å². The van der Waals surface area contributed by atoms with Gasteiger partial charge in [-0.25, -0.2) is 8.42 Å². The Hall–Kier alpha value is -1.59. The van der Waals surface area contributed by atoms with Crippen LogP contribution in [0, 0.1) is 0 Å². The molecule has 0 spiro atoms. The fourth-order valence-electron chi connectivity index (χ4n) is 3.13. The summed E-state index contributed by atoms with van der Waals surface area (Å²) in [5, 5.41) is 2.30. The third-order valence-electron chi connectivity index (χ3n) is 4.19. The molecule has 3 rings (SSSR count). The molecule has 1 aliphatic heterocycles. The van der Waals surface area contributed by atoms with Crippen LogP contribution in [-0.2, 0) is 16.4 Å². The van der Waals surface area contributed by atoms with Gasteiger partial charge in [0.2, 0.25) is 0 Å². The van der Waals surface area contributed by atoms with E-state index in [0.29, 0.717) is 13.1 Å². The standard InChI is InChI=1S/C16H20N2O2S/c1-12-11-21(19,20)9-8-18(12)16-7-6-13(10-17)14-4-2-3-5-15(14)16/h2-7,12H,8-11,17H2,1H3. The molecule has 1 atom stereocenters. The quantitative estimate of drug-likeness (QED) is 0.921. The summed E-state index contributed by atoms with van der Waals surface area (Å²) in [6.45, 7) is 3.03. The van der Waals surface area contributed by atoms with Crippen LogP contribution in [0.1, 0.15) is 12.5 Å². The molecule has 5 heteroatoms. The number of hydrogen-bond acceptors (Lipinski definition) is 4. The van der Waals surface area contributed by atoms with Gasteiger partial charge in [-0.05, 0) is 23.9 Å². The van der Waals surface area contributed by atoms with Gasteiger partial charge in [-0.3, -0.25) is 0 Å². The molecule has 0 aromatic heterocycles. The Labute approximate surface area is 125 Å². The molecule has 112 valence electrons. The minimum Gasteiger partial charge on any atom is -0.366 e. The first-order valence-electron chi connectivity index (χ1n) is 7.19. The summed E-state index contributed by atoms with van der Waals surface area (Å²) in [5.74, 6) is 0.449. The van der Waals surface area contributed by atoms with E-state index in [4.69, 9.17) is 5.73 Å². The maximum atomic E-state index is 11.8. The number of hydrogen-bond donors (Lipinski definition) is 1. The number of anilines is 1. The lowest BCUT2D eigenvalue weighted by molar-refractivity contribution is 0.568. The molecule has 2 N–H and O–H groups in total. The van der Waals surface area contributed by atoms with Gasteiger partial charge in [0.1, 0.15) is 0 Å². The van der Waals surface area contributed by atoms with E-state index in [1.54, 1.807) is 0 Å². The lowest BCUT2D eigenvalue weighted by Gasteiger charge is -2.36. The van der Waals surface area contributed by atoms with Gasteiger partial charge in [0.25, 0.3) is 0 Å². The fourth-order valence-corrected chi connectivity index (χ4v) is 4.69. The van der Waals surface area contributed by atoms with E-state index in [-0.39, 0.29) is 17.5 Å². The highest BCUT2D eigenvalue weighted by Gasteiger charge is 2.29. The number of benzene rings is 2. The van der Waals surface area contributed by atoms with Crippen LogP contribution in [0.25, 0.3) is 10.8 Å². The first-order chi connectivity index (χ1) is 10.0. The molecule has 1 unspecified atom stereocenters. The van der Waals surface area contributed by atoms with Gasteiger partial charge in [-0.1, -0.05) is 30.3 Å². The summed E-state index contributed by atoms with van der Waals surface area (Å²) in [4.78, 5) is 2.20. The molecule has 0 aliphatic carbocycles. The largest absolute Gasteiger partial charge is 0.366 e. The normalized spacial score (nSPS) is 21.6. The number of nitrogens with zero attached hydrogens (tertiary/aromatic N) is 1. The average Bonchev–Trinajstić information content (AvgIpc) is 2.46. The first kappa shape index (κ1) is 14.4. The van der Waals surface area contributed by atoms with Gasteiger partial charge in [-0.15, -0.1) is 0 Å². The van der Waals surface area contributed by atoms with Gasteiger partial charge < -0.3 is 10.6 Å². The van der Waals surface area contributed by atoms with Gasteiger partial charge in [-0.2, -0.15) is 0 Å². The third kappa shape index (κ3) is 2.63. The molecule has 0 radical (unpaired) electrons. The number of rotatable bonds is 2. The van der Waals surface area contributed by atoms with Crippen LogP contribution >= 0.6 is 0 Å². The Bertz CT molecular complexity index is 771. The lowest BCUT2D eigenvalue weighted by Crippen LogP contribution is -2.47. The zero-order valence-electron chi connectivity index (χ0n) is 12.1. The summed E-state index contributed by atoms with van der Waals surface area (Å²) < 4.78 is 23.5. The van der Waals surface area contributed by atoms with Gasteiger partial charge in [0.05, 0.1) is 11.5 Å². The van der Waals surface area contributed by atoms with E-state index >= 15 is 0 Å². The second-order valence-corrected chi connectivity index (χ2v) is 7.88. The van der Waals surface area contributed by atoms with Crippen molar-refractivity contribution in [2.75, 3.05) is 23.0 Å². The molecule has 0 saturated carbocycles. The monoisotopic (exact) mass is 304 g/mol. The molecule has 1 saturated heterocycles. The van der Waals surface area contributed by atoms with Crippen molar-refractivity contribution in [3.63, 3.8) is 0 Å². The first-order valence-corrected chi connectivity index (χ1v) is 9.02. The van der Waals surface area contributed by atoms with Crippen molar-refractivity contribution in [1.82, 2.24) is 0 Å². The van der Waals surface area contributed by atoms with Crippen LogP contribution in [0.2, 0.25) is 0 Å². The number of fused-ring (bicyclic) bond motifs is 1. The minimum atomic E-state index is -2.90. The van der Waals surface area contributed by atoms with Crippen molar-refractivity contribution >= 4 is 26.3 Å². The molecule has 4 nitrogen and oxygen atoms in total. The summed E-state index contributed by atoms with van der Waals surface area (Å²) in [6, 6.07) is 12.3. The van der Waals surface area contributed by atoms with Gasteiger partial charge in [0.15, 0.2) is 9.84 Å². The van der Waals surface area contributed by atoms with Crippen LogP contribution < -0.4 is 10.6 Å². The van der Waals surface area contributed by atoms with Crippen molar-refractivity contribution in [2.45, 2.75) is 19.5 Å². The van der Waals surface area contributed by atoms with Crippen molar-refractivity contribution in [2.24, 2.45) is 5.73 Å². The summed E-state index contributed by atoms with van der Waals surface area (Å²) in [7, 11) is -2.90. The second kappa shape index (κ2) is 5.31. The third-order valence-corrected chi connectivity index (χ3v) is 5.99. The van der Waals surface area contributed by atoms with Crippen molar-refractivity contribution in [1.29, 1.82) is 0 Å². The lowest BCUT2D eigenvalue weighted by atomic mass is 10.0.